The summed E-state index contributed by atoms with van der Waals surface area (Å²) in [6, 6.07) is 0.353. The van der Waals surface area contributed by atoms with Crippen molar-refractivity contribution in [1.29, 1.82) is 0 Å². The van der Waals surface area contributed by atoms with Crippen LogP contribution in [-0.2, 0) is 0 Å². The molecule has 1 fully saturated rings. The van der Waals surface area contributed by atoms with E-state index in [2.05, 4.69) is 60.8 Å². The van der Waals surface area contributed by atoms with Crippen LogP contribution in [0.4, 0.5) is 0 Å². The third-order valence-corrected chi connectivity index (χ3v) is 6.16. The number of fused-ring (bicyclic) bond motifs is 1. The molecule has 29 heavy (non-hydrogen) atoms. The number of allylic oxidation sites excluding steroid dienone is 3. The van der Waals surface area contributed by atoms with Crippen LogP contribution in [0.3, 0.4) is 0 Å². The van der Waals surface area contributed by atoms with Crippen molar-refractivity contribution in [3.8, 4) is 0 Å². The molecule has 158 valence electrons. The minimum Gasteiger partial charge on any atom is -0.385 e. The minimum atomic E-state index is -0.604. The first kappa shape index (κ1) is 21.7. The molecule has 5 nitrogen and oxygen atoms in total. The monoisotopic (exact) mass is 396 g/mol. The van der Waals surface area contributed by atoms with Crippen LogP contribution in [0.2, 0.25) is 0 Å². The predicted octanol–water partition coefficient (Wildman–Crippen LogP) is 5.11. The molecule has 2 aromatic heterocycles. The Morgan fingerprint density at radius 3 is 2.90 bits per heavy atom. The van der Waals surface area contributed by atoms with Crippen LogP contribution in [0.25, 0.3) is 17.1 Å². The van der Waals surface area contributed by atoms with Crippen molar-refractivity contribution in [2.24, 2.45) is 5.92 Å². The second-order valence-corrected chi connectivity index (χ2v) is 8.35. The van der Waals surface area contributed by atoms with Gasteiger partial charge in [-0.05, 0) is 65.1 Å². The van der Waals surface area contributed by atoms with Crippen molar-refractivity contribution in [2.45, 2.75) is 72.4 Å². The first-order valence-corrected chi connectivity index (χ1v) is 11.1. The molecule has 0 saturated carbocycles. The van der Waals surface area contributed by atoms with Crippen molar-refractivity contribution in [2.75, 3.05) is 13.1 Å². The number of imidazole rings is 1. The number of piperidine rings is 1. The molecule has 1 aliphatic rings. The van der Waals surface area contributed by atoms with E-state index in [-0.39, 0.29) is 0 Å². The quantitative estimate of drug-likeness (QED) is 0.638. The summed E-state index contributed by atoms with van der Waals surface area (Å²) >= 11 is 0. The van der Waals surface area contributed by atoms with Crippen molar-refractivity contribution in [1.82, 2.24) is 19.9 Å². The molecule has 3 heterocycles. The molecular weight excluding hydrogens is 360 g/mol. The normalized spacial score (nSPS) is 21.9. The second-order valence-electron chi connectivity index (χ2n) is 8.35. The Morgan fingerprint density at radius 1 is 1.41 bits per heavy atom. The van der Waals surface area contributed by atoms with E-state index in [9.17, 15) is 5.11 Å². The van der Waals surface area contributed by atoms with Crippen molar-refractivity contribution >= 4 is 17.1 Å². The van der Waals surface area contributed by atoms with Gasteiger partial charge in [-0.3, -0.25) is 4.98 Å². The fourth-order valence-electron chi connectivity index (χ4n) is 4.41. The van der Waals surface area contributed by atoms with Gasteiger partial charge in [-0.1, -0.05) is 38.0 Å². The van der Waals surface area contributed by atoms with E-state index in [0.717, 1.165) is 60.5 Å². The van der Waals surface area contributed by atoms with Crippen LogP contribution in [0.1, 0.15) is 82.6 Å². The number of nitrogens with one attached hydrogen (secondary N) is 1. The van der Waals surface area contributed by atoms with Crippen LogP contribution in [0.5, 0.6) is 0 Å². The molecule has 0 radical (unpaired) electrons. The van der Waals surface area contributed by atoms with Gasteiger partial charge < -0.3 is 15.0 Å². The Bertz CT molecular complexity index is 892. The van der Waals surface area contributed by atoms with E-state index < -0.39 is 6.10 Å². The number of pyridine rings is 1. The highest BCUT2D eigenvalue weighted by Gasteiger charge is 2.31. The van der Waals surface area contributed by atoms with E-state index in [1.54, 1.807) is 0 Å². The summed E-state index contributed by atoms with van der Waals surface area (Å²) in [4.78, 5) is 9.46. The molecular formula is C24H36N4O. The van der Waals surface area contributed by atoms with Gasteiger partial charge in [0.05, 0.1) is 17.4 Å². The van der Waals surface area contributed by atoms with Crippen LogP contribution in [0.15, 0.2) is 23.9 Å². The van der Waals surface area contributed by atoms with Gasteiger partial charge in [-0.15, -0.1) is 0 Å². The first-order valence-electron chi connectivity index (χ1n) is 11.1. The van der Waals surface area contributed by atoms with Gasteiger partial charge in [0.1, 0.15) is 17.4 Å². The summed E-state index contributed by atoms with van der Waals surface area (Å²) in [6.07, 6.45) is 12.0. The number of rotatable bonds is 7. The molecule has 3 rings (SSSR count). The highest BCUT2D eigenvalue weighted by Crippen LogP contribution is 2.36. The van der Waals surface area contributed by atoms with Gasteiger partial charge >= 0.3 is 0 Å². The number of aliphatic hydroxyl groups excluding tert-OH is 1. The van der Waals surface area contributed by atoms with E-state index in [4.69, 9.17) is 4.98 Å². The summed E-state index contributed by atoms with van der Waals surface area (Å²) in [7, 11) is 0. The lowest BCUT2D eigenvalue weighted by Gasteiger charge is -2.35. The van der Waals surface area contributed by atoms with E-state index >= 15 is 0 Å². The van der Waals surface area contributed by atoms with Gasteiger partial charge in [0.2, 0.25) is 0 Å². The number of hydrogen-bond donors (Lipinski definition) is 2. The molecule has 2 aromatic rings. The van der Waals surface area contributed by atoms with Crippen LogP contribution in [0, 0.1) is 12.8 Å². The van der Waals surface area contributed by atoms with Gasteiger partial charge in [-0.2, -0.15) is 0 Å². The third-order valence-electron chi connectivity index (χ3n) is 6.16. The topological polar surface area (TPSA) is 63.0 Å². The van der Waals surface area contributed by atoms with Gasteiger partial charge in [-0.25, -0.2) is 4.98 Å². The Kier molecular flexibility index (Phi) is 7.25. The van der Waals surface area contributed by atoms with Crippen molar-refractivity contribution in [3.63, 3.8) is 0 Å². The Labute approximate surface area is 174 Å². The van der Waals surface area contributed by atoms with Crippen molar-refractivity contribution < 1.29 is 5.11 Å². The fraction of sp³-hybridized carbons (Fsp3) is 0.583. The second kappa shape index (κ2) is 9.68. The molecule has 1 saturated heterocycles. The average molecular weight is 397 g/mol. The van der Waals surface area contributed by atoms with E-state index in [1.165, 1.54) is 12.0 Å². The molecule has 1 aliphatic heterocycles. The van der Waals surface area contributed by atoms with Crippen LogP contribution < -0.4 is 5.32 Å². The maximum atomic E-state index is 10.5. The molecule has 2 N–H and O–H groups in total. The molecule has 0 bridgehead atoms. The van der Waals surface area contributed by atoms with Gasteiger partial charge in [0.25, 0.3) is 0 Å². The van der Waals surface area contributed by atoms with E-state index in [0.29, 0.717) is 12.0 Å². The maximum Gasteiger partial charge on any atom is 0.138 e. The zero-order valence-electron chi connectivity index (χ0n) is 18.6. The summed E-state index contributed by atoms with van der Waals surface area (Å²) in [6.45, 7) is 12.5. The number of aliphatic hydroxyl groups is 1. The van der Waals surface area contributed by atoms with Gasteiger partial charge in [0.15, 0.2) is 0 Å². The summed E-state index contributed by atoms with van der Waals surface area (Å²) < 4.78 is 2.34. The number of aryl methyl sites for hydroxylation is 1. The highest BCUT2D eigenvalue weighted by atomic mass is 16.3. The lowest BCUT2D eigenvalue weighted by molar-refractivity contribution is 0.168. The zero-order chi connectivity index (χ0) is 21.0. The lowest BCUT2D eigenvalue weighted by Crippen LogP contribution is -2.38. The SMILES string of the molecule is CCCC1CNCCC1n1c([C@@H](C)O)nc2cnc(/C=C\C=C(C)CC)c(C)c21. The zero-order valence-corrected chi connectivity index (χ0v) is 18.6. The van der Waals surface area contributed by atoms with Crippen LogP contribution >= 0.6 is 0 Å². The minimum absolute atomic E-state index is 0.353. The Morgan fingerprint density at radius 2 is 2.21 bits per heavy atom. The molecule has 0 aromatic carbocycles. The number of aromatic nitrogens is 3. The number of nitrogens with zero attached hydrogens (tertiary/aromatic N) is 3. The Hall–Kier alpha value is -1.98. The molecule has 0 amide bonds. The standard InChI is InChI=1S/C24H36N4O/c1-6-9-19-14-25-13-12-22(19)28-23-17(4)20(11-8-10-16(3)7-2)26-15-21(23)27-24(28)18(5)29/h8,10-11,15,18-19,22,25,29H,6-7,9,12-14H2,1-5H3/b11-8-,16-10?/t18-,19?,22?/m1/s1. The third kappa shape index (κ3) is 4.62. The molecule has 2 unspecified atom stereocenters. The smallest absolute Gasteiger partial charge is 0.138 e. The molecule has 5 heteroatoms. The lowest BCUT2D eigenvalue weighted by atomic mass is 9.88. The van der Waals surface area contributed by atoms with E-state index in [1.807, 2.05) is 13.1 Å². The summed E-state index contributed by atoms with van der Waals surface area (Å²) in [5, 5.41) is 14.1. The molecule has 0 aliphatic carbocycles. The molecule has 0 spiro atoms. The van der Waals surface area contributed by atoms with Crippen LogP contribution in [-0.4, -0.2) is 32.7 Å². The maximum absolute atomic E-state index is 10.5. The largest absolute Gasteiger partial charge is 0.385 e. The summed E-state index contributed by atoms with van der Waals surface area (Å²) in [5.41, 5.74) is 5.45. The first-order chi connectivity index (χ1) is 14.0. The van der Waals surface area contributed by atoms with Crippen molar-refractivity contribution in [3.05, 3.63) is 41.0 Å². The number of hydrogen-bond acceptors (Lipinski definition) is 4. The van der Waals surface area contributed by atoms with Gasteiger partial charge in [0, 0.05) is 11.6 Å². The average Bonchev–Trinajstić information content (AvgIpc) is 3.11. The predicted molar refractivity (Wildman–Crippen MR) is 121 cm³/mol. The Balaban J connectivity index is 2.13. The molecule has 3 atom stereocenters. The fourth-order valence-corrected chi connectivity index (χ4v) is 4.41. The summed E-state index contributed by atoms with van der Waals surface area (Å²) in [5.74, 6) is 1.31. The highest BCUT2D eigenvalue weighted by molar-refractivity contribution is 5.82.